The molecule has 0 aromatic heterocycles. The van der Waals surface area contributed by atoms with E-state index in [9.17, 15) is 23.5 Å². The standard InChI is InChI=1S/C26H28F2N2O5/c27-16-3-5-21(28)15(8-16)12-29-24(32)11-18-10-20-19-9-17(30-25(33)7-14-1-2-14)4-6-22(19)35-26(20)23(13-31)34-18/h3-6,8-9,14,18,20,23,26,31H,1-2,7,10-13H2,(H,29,32)(H,30,33)/t18-,20+,23-,26-/m0/s1. The van der Waals surface area contributed by atoms with E-state index in [1.807, 2.05) is 12.1 Å². The molecule has 7 nitrogen and oxygen atoms in total. The fourth-order valence-corrected chi connectivity index (χ4v) is 4.91. The average molecular weight is 487 g/mol. The maximum Gasteiger partial charge on any atom is 0.224 e. The highest BCUT2D eigenvalue weighted by molar-refractivity contribution is 5.91. The van der Waals surface area contributed by atoms with Gasteiger partial charge in [-0.1, -0.05) is 0 Å². The minimum atomic E-state index is -0.618. The highest BCUT2D eigenvalue weighted by atomic mass is 19.1. The first-order chi connectivity index (χ1) is 16.9. The SMILES string of the molecule is O=C(C[C@@H]1C[C@@H]2c3cc(NC(=O)CC4CC4)ccc3O[C@@H]2[C@H](CO)O1)NCc1cc(F)ccc1F. The van der Waals surface area contributed by atoms with E-state index < -0.39 is 29.9 Å². The molecule has 186 valence electrons. The van der Waals surface area contributed by atoms with Crippen molar-refractivity contribution in [2.24, 2.45) is 5.92 Å². The molecule has 2 fully saturated rings. The second kappa shape index (κ2) is 9.91. The Labute approximate surface area is 201 Å². The normalized spacial score (nSPS) is 24.8. The Kier molecular flexibility index (Phi) is 6.71. The number of amides is 2. The molecule has 3 aliphatic rings. The van der Waals surface area contributed by atoms with Crippen LogP contribution in [0, 0.1) is 17.6 Å². The fraction of sp³-hybridized carbons (Fsp3) is 0.462. The summed E-state index contributed by atoms with van der Waals surface area (Å²) >= 11 is 0. The van der Waals surface area contributed by atoms with Gasteiger partial charge < -0.3 is 25.2 Å². The van der Waals surface area contributed by atoms with E-state index >= 15 is 0 Å². The third-order valence-electron chi connectivity index (χ3n) is 6.85. The summed E-state index contributed by atoms with van der Waals surface area (Å²) in [6.45, 7) is -0.409. The van der Waals surface area contributed by atoms with Crippen LogP contribution in [-0.2, 0) is 20.9 Å². The number of aliphatic hydroxyl groups is 1. The van der Waals surface area contributed by atoms with Crippen LogP contribution in [0.15, 0.2) is 36.4 Å². The van der Waals surface area contributed by atoms with Gasteiger partial charge in [0.05, 0.1) is 19.1 Å². The largest absolute Gasteiger partial charge is 0.487 e. The lowest BCUT2D eigenvalue weighted by molar-refractivity contribution is -0.142. The number of nitrogens with one attached hydrogen (secondary N) is 2. The lowest BCUT2D eigenvalue weighted by Gasteiger charge is -2.37. The summed E-state index contributed by atoms with van der Waals surface area (Å²) in [4.78, 5) is 24.8. The molecule has 35 heavy (non-hydrogen) atoms. The lowest BCUT2D eigenvalue weighted by Crippen LogP contribution is -2.47. The minimum Gasteiger partial charge on any atom is -0.487 e. The number of hydrogen-bond acceptors (Lipinski definition) is 5. The first-order valence-electron chi connectivity index (χ1n) is 12.0. The number of fused-ring (bicyclic) bond motifs is 3. The Balaban J connectivity index is 1.23. The molecule has 3 N–H and O–H groups in total. The summed E-state index contributed by atoms with van der Waals surface area (Å²) in [5, 5.41) is 15.5. The Morgan fingerprint density at radius 2 is 1.89 bits per heavy atom. The average Bonchev–Trinajstić information content (AvgIpc) is 3.57. The first-order valence-corrected chi connectivity index (χ1v) is 12.0. The van der Waals surface area contributed by atoms with Crippen molar-refractivity contribution in [2.45, 2.75) is 62.9 Å². The van der Waals surface area contributed by atoms with Crippen LogP contribution in [0.3, 0.4) is 0 Å². The molecule has 1 saturated heterocycles. The number of aliphatic hydroxyl groups excluding tert-OH is 1. The quantitative estimate of drug-likeness (QED) is 0.532. The molecule has 0 bridgehead atoms. The maximum atomic E-state index is 13.8. The smallest absolute Gasteiger partial charge is 0.224 e. The Hall–Kier alpha value is -3.04. The molecule has 1 saturated carbocycles. The number of halogens is 2. The van der Waals surface area contributed by atoms with E-state index in [0.29, 0.717) is 30.2 Å². The van der Waals surface area contributed by atoms with Gasteiger partial charge in [-0.15, -0.1) is 0 Å². The molecule has 5 rings (SSSR count). The Bertz CT molecular complexity index is 1120. The fourth-order valence-electron chi connectivity index (χ4n) is 4.91. The highest BCUT2D eigenvalue weighted by Crippen LogP contribution is 2.47. The molecule has 2 aromatic carbocycles. The van der Waals surface area contributed by atoms with Gasteiger partial charge in [0.1, 0.15) is 29.6 Å². The predicted molar refractivity (Wildman–Crippen MR) is 123 cm³/mol. The van der Waals surface area contributed by atoms with Crippen LogP contribution in [0.2, 0.25) is 0 Å². The molecule has 2 amide bonds. The molecular formula is C26H28F2N2O5. The molecule has 0 radical (unpaired) electrons. The number of hydrogen-bond donors (Lipinski definition) is 3. The summed E-state index contributed by atoms with van der Waals surface area (Å²) < 4.78 is 39.2. The van der Waals surface area contributed by atoms with Crippen molar-refractivity contribution in [2.75, 3.05) is 11.9 Å². The number of benzene rings is 2. The van der Waals surface area contributed by atoms with Gasteiger partial charge in [0, 0.05) is 35.7 Å². The summed E-state index contributed by atoms with van der Waals surface area (Å²) in [7, 11) is 0. The number of carbonyl (C=O) groups excluding carboxylic acids is 2. The zero-order valence-corrected chi connectivity index (χ0v) is 19.1. The van der Waals surface area contributed by atoms with Gasteiger partial charge in [-0.3, -0.25) is 9.59 Å². The van der Waals surface area contributed by atoms with E-state index in [1.54, 1.807) is 6.07 Å². The second-order valence-corrected chi connectivity index (χ2v) is 9.57. The highest BCUT2D eigenvalue weighted by Gasteiger charge is 2.46. The number of rotatable bonds is 8. The van der Waals surface area contributed by atoms with Crippen LogP contribution in [0.4, 0.5) is 14.5 Å². The van der Waals surface area contributed by atoms with Crippen molar-refractivity contribution in [3.05, 3.63) is 59.2 Å². The van der Waals surface area contributed by atoms with Crippen molar-refractivity contribution in [3.8, 4) is 5.75 Å². The number of carbonyl (C=O) groups is 2. The van der Waals surface area contributed by atoms with Gasteiger partial charge in [-0.25, -0.2) is 8.78 Å². The van der Waals surface area contributed by atoms with Crippen LogP contribution in [-0.4, -0.2) is 41.8 Å². The summed E-state index contributed by atoms with van der Waals surface area (Å²) in [6.07, 6.45) is 1.71. The van der Waals surface area contributed by atoms with Gasteiger partial charge in [-0.05, 0) is 61.6 Å². The molecule has 0 unspecified atom stereocenters. The molecule has 4 atom stereocenters. The van der Waals surface area contributed by atoms with E-state index in [2.05, 4.69) is 10.6 Å². The van der Waals surface area contributed by atoms with Crippen molar-refractivity contribution < 1.29 is 33.0 Å². The van der Waals surface area contributed by atoms with Crippen molar-refractivity contribution >= 4 is 17.5 Å². The Morgan fingerprint density at radius 3 is 2.66 bits per heavy atom. The van der Waals surface area contributed by atoms with Gasteiger partial charge in [-0.2, -0.15) is 0 Å². The molecule has 2 aromatic rings. The monoisotopic (exact) mass is 486 g/mol. The third kappa shape index (κ3) is 5.46. The summed E-state index contributed by atoms with van der Waals surface area (Å²) in [6, 6.07) is 8.60. The van der Waals surface area contributed by atoms with Gasteiger partial charge >= 0.3 is 0 Å². The predicted octanol–water partition coefficient (Wildman–Crippen LogP) is 3.40. The molecule has 2 heterocycles. The van der Waals surface area contributed by atoms with Crippen molar-refractivity contribution in [1.82, 2.24) is 5.32 Å². The Morgan fingerprint density at radius 1 is 1.06 bits per heavy atom. The van der Waals surface area contributed by atoms with Gasteiger partial charge in [0.15, 0.2) is 0 Å². The van der Waals surface area contributed by atoms with E-state index in [-0.39, 0.29) is 42.9 Å². The number of ether oxygens (including phenoxy) is 2. The lowest BCUT2D eigenvalue weighted by atomic mass is 9.84. The van der Waals surface area contributed by atoms with Gasteiger partial charge in [0.2, 0.25) is 11.8 Å². The molecular weight excluding hydrogens is 458 g/mol. The van der Waals surface area contributed by atoms with Crippen molar-refractivity contribution in [1.29, 1.82) is 0 Å². The number of anilines is 1. The zero-order valence-electron chi connectivity index (χ0n) is 19.1. The van der Waals surface area contributed by atoms with Crippen LogP contribution >= 0.6 is 0 Å². The first kappa shape index (κ1) is 23.7. The minimum absolute atomic E-state index is 0.00377. The van der Waals surface area contributed by atoms with E-state index in [1.165, 1.54) is 0 Å². The van der Waals surface area contributed by atoms with Crippen molar-refractivity contribution in [3.63, 3.8) is 0 Å². The summed E-state index contributed by atoms with van der Waals surface area (Å²) in [5.41, 5.74) is 1.66. The van der Waals surface area contributed by atoms with E-state index in [4.69, 9.17) is 9.47 Å². The molecule has 9 heteroatoms. The zero-order chi connectivity index (χ0) is 24.5. The molecule has 2 aliphatic heterocycles. The topological polar surface area (TPSA) is 96.9 Å². The molecule has 0 spiro atoms. The van der Waals surface area contributed by atoms with Gasteiger partial charge in [0.25, 0.3) is 0 Å². The van der Waals surface area contributed by atoms with E-state index in [0.717, 1.165) is 36.6 Å². The molecule has 1 aliphatic carbocycles. The maximum absolute atomic E-state index is 13.8. The second-order valence-electron chi connectivity index (χ2n) is 9.57. The van der Waals surface area contributed by atoms with Crippen LogP contribution < -0.4 is 15.4 Å². The van der Waals surface area contributed by atoms with Crippen LogP contribution in [0.25, 0.3) is 0 Å². The summed E-state index contributed by atoms with van der Waals surface area (Å²) in [5.74, 6) is -0.498. The van der Waals surface area contributed by atoms with Crippen LogP contribution in [0.5, 0.6) is 5.75 Å². The van der Waals surface area contributed by atoms with Crippen LogP contribution in [0.1, 0.15) is 49.1 Å². The third-order valence-corrected chi connectivity index (χ3v) is 6.85.